The highest BCUT2D eigenvalue weighted by Crippen LogP contribution is 2.31. The van der Waals surface area contributed by atoms with E-state index in [1.165, 1.54) is 5.56 Å². The summed E-state index contributed by atoms with van der Waals surface area (Å²) in [5.74, 6) is -1.08. The van der Waals surface area contributed by atoms with Gasteiger partial charge in [-0.05, 0) is 29.3 Å². The van der Waals surface area contributed by atoms with Crippen molar-refractivity contribution in [1.29, 1.82) is 0 Å². The molecule has 0 spiro atoms. The van der Waals surface area contributed by atoms with Crippen molar-refractivity contribution in [1.82, 2.24) is 10.3 Å². The first-order chi connectivity index (χ1) is 10.9. The molecule has 1 aliphatic heterocycles. The molecule has 1 aromatic carbocycles. The summed E-state index contributed by atoms with van der Waals surface area (Å²) in [7, 11) is 0. The summed E-state index contributed by atoms with van der Waals surface area (Å²) in [5, 5.41) is 6.09. The summed E-state index contributed by atoms with van der Waals surface area (Å²) >= 11 is 5.86. The van der Waals surface area contributed by atoms with Gasteiger partial charge in [0.25, 0.3) is 5.91 Å². The second kappa shape index (κ2) is 5.91. The molecule has 4 nitrogen and oxygen atoms in total. The number of amides is 1. The van der Waals surface area contributed by atoms with Gasteiger partial charge in [0, 0.05) is 24.2 Å². The van der Waals surface area contributed by atoms with E-state index >= 15 is 0 Å². The minimum atomic E-state index is -0.601. The molecule has 6 heteroatoms. The number of fused-ring (bicyclic) bond motifs is 1. The minimum absolute atomic E-state index is 0.0165. The Morgan fingerprint density at radius 1 is 1.39 bits per heavy atom. The smallest absolute Gasteiger partial charge is 0.258 e. The maximum atomic E-state index is 13.2. The van der Waals surface area contributed by atoms with Crippen LogP contribution in [0.25, 0.3) is 0 Å². The number of pyridine rings is 1. The molecule has 1 amide bonds. The van der Waals surface area contributed by atoms with Crippen molar-refractivity contribution in [3.8, 4) is 0 Å². The second-order valence-corrected chi connectivity index (χ2v) is 6.66. The molecular weight excluding hydrogens is 317 g/mol. The van der Waals surface area contributed by atoms with Crippen molar-refractivity contribution >= 4 is 23.2 Å². The molecule has 2 N–H and O–H groups in total. The van der Waals surface area contributed by atoms with Gasteiger partial charge in [-0.25, -0.2) is 9.37 Å². The molecule has 0 radical (unpaired) electrons. The summed E-state index contributed by atoms with van der Waals surface area (Å²) in [6.45, 7) is 6.02. The number of hydrogen-bond acceptors (Lipinski definition) is 3. The average Bonchev–Trinajstić information content (AvgIpc) is 2.49. The molecule has 120 valence electrons. The maximum absolute atomic E-state index is 13.2. The van der Waals surface area contributed by atoms with Gasteiger partial charge in [-0.3, -0.25) is 4.79 Å². The summed E-state index contributed by atoms with van der Waals surface area (Å²) < 4.78 is 13.2. The number of hydrogen-bond donors (Lipinski definition) is 2. The fourth-order valence-corrected chi connectivity index (χ4v) is 3.05. The first-order valence-corrected chi connectivity index (χ1v) is 7.71. The predicted molar refractivity (Wildman–Crippen MR) is 88.3 cm³/mol. The van der Waals surface area contributed by atoms with E-state index in [9.17, 15) is 9.18 Å². The molecule has 0 saturated heterocycles. The van der Waals surface area contributed by atoms with Crippen molar-refractivity contribution in [3.63, 3.8) is 0 Å². The molecule has 0 saturated carbocycles. The van der Waals surface area contributed by atoms with E-state index in [0.717, 1.165) is 30.9 Å². The highest BCUT2D eigenvalue weighted by molar-refractivity contribution is 6.33. The lowest BCUT2D eigenvalue weighted by Crippen LogP contribution is -2.38. The SMILES string of the molecule is CC1(C)CNCc2cc(NC(=O)c3cc(F)cnc3Cl)ccc21. The van der Waals surface area contributed by atoms with Gasteiger partial charge >= 0.3 is 0 Å². The predicted octanol–water partition coefficient (Wildman–Crippen LogP) is 3.51. The molecule has 3 rings (SSSR count). The van der Waals surface area contributed by atoms with Gasteiger partial charge in [0.2, 0.25) is 0 Å². The number of carbonyl (C=O) groups is 1. The van der Waals surface area contributed by atoms with Crippen molar-refractivity contribution in [2.75, 3.05) is 11.9 Å². The molecular formula is C17H17ClFN3O. The van der Waals surface area contributed by atoms with Crippen LogP contribution >= 0.6 is 11.6 Å². The number of rotatable bonds is 2. The maximum Gasteiger partial charge on any atom is 0.258 e. The fourth-order valence-electron chi connectivity index (χ4n) is 2.86. The van der Waals surface area contributed by atoms with E-state index < -0.39 is 11.7 Å². The molecule has 0 bridgehead atoms. The zero-order valence-electron chi connectivity index (χ0n) is 12.9. The Labute approximate surface area is 139 Å². The molecule has 0 atom stereocenters. The van der Waals surface area contributed by atoms with Gasteiger partial charge < -0.3 is 10.6 Å². The van der Waals surface area contributed by atoms with E-state index in [0.29, 0.717) is 5.69 Å². The molecule has 2 heterocycles. The van der Waals surface area contributed by atoms with Gasteiger partial charge in [0.1, 0.15) is 11.0 Å². The summed E-state index contributed by atoms with van der Waals surface area (Å²) in [6, 6.07) is 6.89. The molecule has 1 aromatic heterocycles. The van der Waals surface area contributed by atoms with Crippen molar-refractivity contribution < 1.29 is 9.18 Å². The van der Waals surface area contributed by atoms with Crippen LogP contribution in [-0.4, -0.2) is 17.4 Å². The Morgan fingerprint density at radius 3 is 2.96 bits per heavy atom. The number of benzene rings is 1. The van der Waals surface area contributed by atoms with Crippen LogP contribution in [0.15, 0.2) is 30.5 Å². The monoisotopic (exact) mass is 333 g/mol. The van der Waals surface area contributed by atoms with Crippen LogP contribution in [0.1, 0.15) is 35.3 Å². The van der Waals surface area contributed by atoms with Crippen LogP contribution < -0.4 is 10.6 Å². The molecule has 1 aliphatic rings. The molecule has 2 aromatic rings. The molecule has 0 aliphatic carbocycles. The third-order valence-electron chi connectivity index (χ3n) is 4.02. The number of aromatic nitrogens is 1. The average molecular weight is 334 g/mol. The Hall–Kier alpha value is -1.98. The quantitative estimate of drug-likeness (QED) is 0.827. The highest BCUT2D eigenvalue weighted by Gasteiger charge is 2.27. The summed E-state index contributed by atoms with van der Waals surface area (Å²) in [4.78, 5) is 15.9. The normalized spacial score (nSPS) is 15.8. The van der Waals surface area contributed by atoms with E-state index in [4.69, 9.17) is 11.6 Å². The number of halogens is 2. The third-order valence-corrected chi connectivity index (χ3v) is 4.33. The number of anilines is 1. The molecule has 0 unspecified atom stereocenters. The van der Waals surface area contributed by atoms with Gasteiger partial charge in [-0.1, -0.05) is 31.5 Å². The fraction of sp³-hybridized carbons (Fsp3) is 0.294. The van der Waals surface area contributed by atoms with E-state index in [1.54, 1.807) is 0 Å². The van der Waals surface area contributed by atoms with E-state index in [1.807, 2.05) is 18.2 Å². The van der Waals surface area contributed by atoms with Crippen molar-refractivity contribution in [3.05, 3.63) is 58.1 Å². The van der Waals surface area contributed by atoms with Crippen LogP contribution in [0, 0.1) is 5.82 Å². The van der Waals surface area contributed by atoms with Gasteiger partial charge in [0.05, 0.1) is 11.8 Å². The Kier molecular flexibility index (Phi) is 4.08. The van der Waals surface area contributed by atoms with Gasteiger partial charge in [0.15, 0.2) is 0 Å². The van der Waals surface area contributed by atoms with Crippen molar-refractivity contribution in [2.24, 2.45) is 0 Å². The largest absolute Gasteiger partial charge is 0.322 e. The first-order valence-electron chi connectivity index (χ1n) is 7.33. The zero-order valence-corrected chi connectivity index (χ0v) is 13.7. The summed E-state index contributed by atoms with van der Waals surface area (Å²) in [5.41, 5.74) is 3.12. The molecule has 23 heavy (non-hydrogen) atoms. The zero-order chi connectivity index (χ0) is 16.6. The van der Waals surface area contributed by atoms with Crippen LogP contribution in [-0.2, 0) is 12.0 Å². The van der Waals surface area contributed by atoms with Crippen LogP contribution in [0.4, 0.5) is 10.1 Å². The van der Waals surface area contributed by atoms with Gasteiger partial charge in [-0.2, -0.15) is 0 Å². The third kappa shape index (κ3) is 3.21. The lowest BCUT2D eigenvalue weighted by molar-refractivity contribution is 0.102. The lowest BCUT2D eigenvalue weighted by Gasteiger charge is -2.33. The van der Waals surface area contributed by atoms with E-state index in [2.05, 4.69) is 29.5 Å². The Morgan fingerprint density at radius 2 is 2.17 bits per heavy atom. The van der Waals surface area contributed by atoms with Crippen molar-refractivity contribution in [2.45, 2.75) is 25.8 Å². The Bertz CT molecular complexity index is 776. The van der Waals surface area contributed by atoms with Gasteiger partial charge in [-0.15, -0.1) is 0 Å². The molecule has 0 fully saturated rings. The second-order valence-electron chi connectivity index (χ2n) is 6.31. The topological polar surface area (TPSA) is 54.0 Å². The minimum Gasteiger partial charge on any atom is -0.322 e. The van der Waals surface area contributed by atoms with E-state index in [-0.39, 0.29) is 16.1 Å². The van der Waals surface area contributed by atoms with Crippen LogP contribution in [0.2, 0.25) is 5.15 Å². The standard InChI is InChI=1S/C17H17ClFN3O/c1-17(2)9-20-7-10-5-12(3-4-14(10)17)22-16(23)13-6-11(19)8-21-15(13)18/h3-6,8,20H,7,9H2,1-2H3,(H,22,23). The number of carbonyl (C=O) groups excluding carboxylic acids is 1. The number of nitrogens with zero attached hydrogens (tertiary/aromatic N) is 1. The van der Waals surface area contributed by atoms with Crippen LogP contribution in [0.5, 0.6) is 0 Å². The van der Waals surface area contributed by atoms with Crippen LogP contribution in [0.3, 0.4) is 0 Å². The summed E-state index contributed by atoms with van der Waals surface area (Å²) in [6.07, 6.45) is 0.978. The highest BCUT2D eigenvalue weighted by atomic mass is 35.5. The lowest BCUT2D eigenvalue weighted by atomic mass is 9.79. The Balaban J connectivity index is 1.86. The first kappa shape index (κ1) is 15.9. The number of nitrogens with one attached hydrogen (secondary N) is 2.